The Balaban J connectivity index is 1.42. The van der Waals surface area contributed by atoms with Gasteiger partial charge in [-0.25, -0.2) is 9.78 Å². The van der Waals surface area contributed by atoms with Gasteiger partial charge in [-0.3, -0.25) is 9.20 Å². The van der Waals surface area contributed by atoms with Gasteiger partial charge in [-0.1, -0.05) is 0 Å². The molecule has 162 valence electrons. The Kier molecular flexibility index (Phi) is 5.40. The Bertz CT molecular complexity index is 1290. The van der Waals surface area contributed by atoms with Crippen molar-refractivity contribution in [3.63, 3.8) is 0 Å². The van der Waals surface area contributed by atoms with Gasteiger partial charge in [-0.15, -0.1) is 0 Å². The first-order chi connectivity index (χ1) is 15.2. The normalized spacial score (nSPS) is 11.4. The number of halogens is 3. The molecule has 0 aliphatic rings. The molecule has 4 rings (SSSR count). The van der Waals surface area contributed by atoms with Crippen molar-refractivity contribution >= 4 is 28.8 Å². The van der Waals surface area contributed by atoms with Gasteiger partial charge in [0.25, 0.3) is 0 Å². The molecule has 0 saturated carbocycles. The number of imidazole rings is 1. The number of aromatic nitrogens is 2. The smallest absolute Gasteiger partial charge is 0.308 e. The van der Waals surface area contributed by atoms with Crippen LogP contribution in [0, 0.1) is 6.92 Å². The van der Waals surface area contributed by atoms with Crippen LogP contribution in [0.15, 0.2) is 73.1 Å². The number of fused-ring (bicyclic) bond motifs is 1. The summed E-state index contributed by atoms with van der Waals surface area (Å²) in [5.74, 6) is -0.220. The number of nitrogens with one attached hydrogen (secondary N) is 2. The summed E-state index contributed by atoms with van der Waals surface area (Å²) in [5.41, 5.74) is 2.37. The van der Waals surface area contributed by atoms with E-state index in [9.17, 15) is 22.8 Å². The Morgan fingerprint density at radius 2 is 1.50 bits per heavy atom. The van der Waals surface area contributed by atoms with E-state index in [1.807, 2.05) is 19.1 Å². The van der Waals surface area contributed by atoms with Crippen molar-refractivity contribution in [1.29, 1.82) is 0 Å². The molecule has 0 fully saturated rings. The quantitative estimate of drug-likeness (QED) is 0.411. The van der Waals surface area contributed by atoms with E-state index >= 15 is 0 Å². The summed E-state index contributed by atoms with van der Waals surface area (Å²) in [4.78, 5) is 29.2. The van der Waals surface area contributed by atoms with Gasteiger partial charge in [0, 0.05) is 23.1 Å². The third kappa shape index (κ3) is 4.46. The van der Waals surface area contributed by atoms with Crippen molar-refractivity contribution in [2.45, 2.75) is 13.1 Å². The molecule has 2 amide bonds. The Labute approximate surface area is 180 Å². The summed E-state index contributed by atoms with van der Waals surface area (Å²) in [6.07, 6.45) is -1.14. The van der Waals surface area contributed by atoms with Gasteiger partial charge in [-0.05, 0) is 73.2 Å². The number of carbonyl (C=O) groups is 2. The molecule has 0 radical (unpaired) electrons. The van der Waals surface area contributed by atoms with Gasteiger partial charge in [0.15, 0.2) is 0 Å². The SMILES string of the molecule is Cc1ccn2c(C(=O)c3ccc(NC(=O)Nc4ccc(C(F)(F)F)cc4)cc3)cnc2c1. The predicted molar refractivity (Wildman–Crippen MR) is 114 cm³/mol. The van der Waals surface area contributed by atoms with Crippen molar-refractivity contribution in [2.75, 3.05) is 10.6 Å². The minimum absolute atomic E-state index is 0.213. The van der Waals surface area contributed by atoms with Crippen LogP contribution in [0.3, 0.4) is 0 Å². The van der Waals surface area contributed by atoms with Crippen molar-refractivity contribution in [3.05, 3.63) is 95.4 Å². The number of alkyl halides is 3. The first kappa shape index (κ1) is 21.1. The van der Waals surface area contributed by atoms with E-state index in [-0.39, 0.29) is 11.5 Å². The summed E-state index contributed by atoms with van der Waals surface area (Å²) in [6.45, 7) is 1.94. The molecular weight excluding hydrogens is 421 g/mol. The summed E-state index contributed by atoms with van der Waals surface area (Å²) >= 11 is 0. The van der Waals surface area contributed by atoms with Gasteiger partial charge >= 0.3 is 12.2 Å². The molecule has 32 heavy (non-hydrogen) atoms. The first-order valence-electron chi connectivity index (χ1n) is 9.54. The minimum Gasteiger partial charge on any atom is -0.308 e. The van der Waals surface area contributed by atoms with E-state index in [1.54, 1.807) is 34.9 Å². The molecular formula is C23H17F3N4O2. The first-order valence-corrected chi connectivity index (χ1v) is 9.54. The number of ketones is 1. The van der Waals surface area contributed by atoms with E-state index in [1.165, 1.54) is 18.3 Å². The van der Waals surface area contributed by atoms with Crippen LogP contribution in [-0.4, -0.2) is 21.2 Å². The van der Waals surface area contributed by atoms with Crippen LogP contribution in [0.5, 0.6) is 0 Å². The molecule has 4 aromatic rings. The number of nitrogens with zero attached hydrogens (tertiary/aromatic N) is 2. The Hall–Kier alpha value is -4.14. The van der Waals surface area contributed by atoms with E-state index in [0.717, 1.165) is 17.7 Å². The fourth-order valence-corrected chi connectivity index (χ4v) is 3.14. The second kappa shape index (κ2) is 8.18. The maximum absolute atomic E-state index is 12.8. The number of anilines is 2. The average molecular weight is 438 g/mol. The molecule has 9 heteroatoms. The number of hydrogen-bond acceptors (Lipinski definition) is 3. The number of rotatable bonds is 4. The van der Waals surface area contributed by atoms with Gasteiger partial charge in [-0.2, -0.15) is 13.2 Å². The largest absolute Gasteiger partial charge is 0.416 e. The average Bonchev–Trinajstić information content (AvgIpc) is 3.16. The monoisotopic (exact) mass is 438 g/mol. The lowest BCUT2D eigenvalue weighted by Gasteiger charge is -2.10. The molecule has 6 nitrogen and oxygen atoms in total. The number of carbonyl (C=O) groups excluding carboxylic acids is 2. The van der Waals surface area contributed by atoms with Gasteiger partial charge in [0.05, 0.1) is 11.8 Å². The van der Waals surface area contributed by atoms with E-state index in [0.29, 0.717) is 22.6 Å². The number of urea groups is 1. The maximum Gasteiger partial charge on any atom is 0.416 e. The number of pyridine rings is 1. The predicted octanol–water partition coefficient (Wildman–Crippen LogP) is 5.54. The van der Waals surface area contributed by atoms with E-state index in [2.05, 4.69) is 15.6 Å². The second-order valence-corrected chi connectivity index (χ2v) is 7.14. The van der Waals surface area contributed by atoms with Crippen LogP contribution in [0.25, 0.3) is 5.65 Å². The van der Waals surface area contributed by atoms with E-state index in [4.69, 9.17) is 0 Å². The molecule has 0 aliphatic carbocycles. The highest BCUT2D eigenvalue weighted by Gasteiger charge is 2.30. The number of benzene rings is 2. The molecule has 0 bridgehead atoms. The Morgan fingerprint density at radius 3 is 2.09 bits per heavy atom. The molecule has 2 N–H and O–H groups in total. The van der Waals surface area contributed by atoms with Crippen LogP contribution >= 0.6 is 0 Å². The molecule has 2 aromatic heterocycles. The number of hydrogen-bond donors (Lipinski definition) is 2. The zero-order valence-corrected chi connectivity index (χ0v) is 16.8. The van der Waals surface area contributed by atoms with Gasteiger partial charge < -0.3 is 10.6 Å². The summed E-state index contributed by atoms with van der Waals surface area (Å²) < 4.78 is 39.5. The topological polar surface area (TPSA) is 75.5 Å². The van der Waals surface area contributed by atoms with Crippen molar-refractivity contribution in [3.8, 4) is 0 Å². The lowest BCUT2D eigenvalue weighted by molar-refractivity contribution is -0.137. The minimum atomic E-state index is -4.44. The third-order valence-corrected chi connectivity index (χ3v) is 4.78. The maximum atomic E-state index is 12.8. The van der Waals surface area contributed by atoms with Crippen molar-refractivity contribution in [2.24, 2.45) is 0 Å². The molecule has 0 saturated heterocycles. The zero-order chi connectivity index (χ0) is 22.9. The van der Waals surface area contributed by atoms with Crippen LogP contribution in [0.1, 0.15) is 27.2 Å². The number of amides is 2. The highest BCUT2D eigenvalue weighted by molar-refractivity contribution is 6.08. The lowest BCUT2D eigenvalue weighted by atomic mass is 10.1. The van der Waals surface area contributed by atoms with Crippen LogP contribution in [0.4, 0.5) is 29.3 Å². The lowest BCUT2D eigenvalue weighted by Crippen LogP contribution is -2.19. The Morgan fingerprint density at radius 1 is 0.906 bits per heavy atom. The second-order valence-electron chi connectivity index (χ2n) is 7.14. The third-order valence-electron chi connectivity index (χ3n) is 4.78. The highest BCUT2D eigenvalue weighted by atomic mass is 19.4. The highest BCUT2D eigenvalue weighted by Crippen LogP contribution is 2.29. The molecule has 2 heterocycles. The molecule has 0 aliphatic heterocycles. The fourth-order valence-electron chi connectivity index (χ4n) is 3.14. The summed E-state index contributed by atoms with van der Waals surface area (Å²) in [7, 11) is 0. The van der Waals surface area contributed by atoms with Crippen LogP contribution in [0.2, 0.25) is 0 Å². The van der Waals surface area contributed by atoms with Crippen LogP contribution in [-0.2, 0) is 6.18 Å². The molecule has 0 atom stereocenters. The molecule has 0 unspecified atom stereocenters. The van der Waals surface area contributed by atoms with Crippen molar-refractivity contribution < 1.29 is 22.8 Å². The van der Waals surface area contributed by atoms with Gasteiger partial charge in [0.1, 0.15) is 11.3 Å². The van der Waals surface area contributed by atoms with E-state index < -0.39 is 17.8 Å². The fraction of sp³-hybridized carbons (Fsp3) is 0.0870. The van der Waals surface area contributed by atoms with Crippen LogP contribution < -0.4 is 10.6 Å². The molecule has 0 spiro atoms. The summed E-state index contributed by atoms with van der Waals surface area (Å²) in [5, 5.41) is 5.03. The summed E-state index contributed by atoms with van der Waals surface area (Å²) in [6, 6.07) is 13.5. The van der Waals surface area contributed by atoms with Gasteiger partial charge in [0.2, 0.25) is 5.78 Å². The van der Waals surface area contributed by atoms with Crippen molar-refractivity contribution in [1.82, 2.24) is 9.38 Å². The standard InChI is InChI=1S/C23H17F3N4O2/c1-14-10-11-30-19(13-27-20(30)12-14)21(31)15-2-6-17(7-3-15)28-22(32)29-18-8-4-16(5-9-18)23(24,25)26/h2-13H,1H3,(H2,28,29,32). The molecule has 2 aromatic carbocycles. The zero-order valence-electron chi connectivity index (χ0n) is 16.8. The number of aryl methyl sites for hydroxylation is 1.